The Bertz CT molecular complexity index is 1170. The van der Waals surface area contributed by atoms with Crippen molar-refractivity contribution in [2.24, 2.45) is 0 Å². The first-order chi connectivity index (χ1) is 16.6. The number of amides is 2. The fraction of sp³-hybridized carbons (Fsp3) is 0.167. The highest BCUT2D eigenvalue weighted by molar-refractivity contribution is 6.31. The van der Waals surface area contributed by atoms with E-state index in [0.717, 1.165) is 23.2 Å². The predicted octanol–water partition coefficient (Wildman–Crippen LogP) is 7.90. The SMILES string of the molecule is Cc1cccc(NC(=O)N(CCC(c2ccccc2)c2ccccc2)Cc2ccccc2Cl)c1. The van der Waals surface area contributed by atoms with E-state index in [4.69, 9.17) is 11.6 Å². The van der Waals surface area contributed by atoms with Crippen LogP contribution in [0.5, 0.6) is 0 Å². The van der Waals surface area contributed by atoms with Gasteiger partial charge in [0.2, 0.25) is 0 Å². The normalized spacial score (nSPS) is 10.8. The first-order valence-electron chi connectivity index (χ1n) is 11.6. The van der Waals surface area contributed by atoms with E-state index in [1.807, 2.05) is 72.5 Å². The summed E-state index contributed by atoms with van der Waals surface area (Å²) in [5, 5.41) is 3.74. The summed E-state index contributed by atoms with van der Waals surface area (Å²) in [7, 11) is 0. The van der Waals surface area contributed by atoms with Gasteiger partial charge in [-0.3, -0.25) is 0 Å². The number of hydrogen-bond acceptors (Lipinski definition) is 1. The topological polar surface area (TPSA) is 32.3 Å². The molecule has 4 aromatic rings. The van der Waals surface area contributed by atoms with E-state index in [9.17, 15) is 4.79 Å². The zero-order valence-electron chi connectivity index (χ0n) is 19.3. The Balaban J connectivity index is 1.58. The molecule has 34 heavy (non-hydrogen) atoms. The van der Waals surface area contributed by atoms with Crippen molar-refractivity contribution in [3.05, 3.63) is 136 Å². The summed E-state index contributed by atoms with van der Waals surface area (Å²) in [5.41, 5.74) is 5.30. The van der Waals surface area contributed by atoms with Gasteiger partial charge in [0, 0.05) is 29.7 Å². The van der Waals surface area contributed by atoms with Crippen LogP contribution in [0.2, 0.25) is 5.02 Å². The van der Waals surface area contributed by atoms with Gasteiger partial charge >= 0.3 is 6.03 Å². The molecule has 0 atom stereocenters. The van der Waals surface area contributed by atoms with Crippen molar-refractivity contribution in [2.45, 2.75) is 25.8 Å². The molecule has 4 rings (SSSR count). The smallest absolute Gasteiger partial charge is 0.320 e. The van der Waals surface area contributed by atoms with Crippen molar-refractivity contribution in [3.8, 4) is 0 Å². The van der Waals surface area contributed by atoms with Crippen LogP contribution in [0.4, 0.5) is 10.5 Å². The van der Waals surface area contributed by atoms with Crippen LogP contribution in [0, 0.1) is 6.92 Å². The van der Waals surface area contributed by atoms with Crippen molar-refractivity contribution < 1.29 is 4.79 Å². The molecule has 0 heterocycles. The lowest BCUT2D eigenvalue weighted by Crippen LogP contribution is -2.36. The molecule has 0 aromatic heterocycles. The number of nitrogens with zero attached hydrogens (tertiary/aromatic N) is 1. The maximum Gasteiger partial charge on any atom is 0.322 e. The second-order valence-corrected chi connectivity index (χ2v) is 8.88. The van der Waals surface area contributed by atoms with Gasteiger partial charge in [0.1, 0.15) is 0 Å². The first kappa shape index (κ1) is 23.6. The number of carbonyl (C=O) groups excluding carboxylic acids is 1. The number of halogens is 1. The minimum atomic E-state index is -0.134. The third-order valence-corrected chi connectivity index (χ3v) is 6.34. The van der Waals surface area contributed by atoms with Gasteiger partial charge < -0.3 is 10.2 Å². The highest BCUT2D eigenvalue weighted by atomic mass is 35.5. The predicted molar refractivity (Wildman–Crippen MR) is 141 cm³/mol. The third kappa shape index (κ3) is 6.27. The Morgan fingerprint density at radius 2 is 1.44 bits per heavy atom. The molecule has 0 radical (unpaired) electrons. The Morgan fingerprint density at radius 1 is 0.824 bits per heavy atom. The van der Waals surface area contributed by atoms with Gasteiger partial charge in [-0.15, -0.1) is 0 Å². The molecule has 0 saturated heterocycles. The average molecular weight is 469 g/mol. The van der Waals surface area contributed by atoms with Gasteiger partial charge in [0.05, 0.1) is 0 Å². The van der Waals surface area contributed by atoms with E-state index in [0.29, 0.717) is 18.1 Å². The van der Waals surface area contributed by atoms with E-state index in [1.165, 1.54) is 11.1 Å². The molecule has 0 unspecified atom stereocenters. The molecule has 0 saturated carbocycles. The zero-order valence-corrected chi connectivity index (χ0v) is 20.1. The molecule has 0 bridgehead atoms. The van der Waals surface area contributed by atoms with Crippen molar-refractivity contribution in [1.82, 2.24) is 4.90 Å². The molecule has 1 N–H and O–H groups in total. The van der Waals surface area contributed by atoms with Gasteiger partial charge in [0.25, 0.3) is 0 Å². The quantitative estimate of drug-likeness (QED) is 0.280. The lowest BCUT2D eigenvalue weighted by Gasteiger charge is -2.27. The summed E-state index contributed by atoms with van der Waals surface area (Å²) in [4.78, 5) is 15.2. The van der Waals surface area contributed by atoms with E-state index in [1.54, 1.807) is 0 Å². The number of urea groups is 1. The van der Waals surface area contributed by atoms with Crippen molar-refractivity contribution in [2.75, 3.05) is 11.9 Å². The molecule has 172 valence electrons. The average Bonchev–Trinajstić information content (AvgIpc) is 2.86. The molecule has 4 heteroatoms. The van der Waals surface area contributed by atoms with Crippen LogP contribution in [0.3, 0.4) is 0 Å². The number of hydrogen-bond donors (Lipinski definition) is 1. The molecule has 3 nitrogen and oxygen atoms in total. The van der Waals surface area contributed by atoms with Crippen LogP contribution in [0.25, 0.3) is 0 Å². The summed E-state index contributed by atoms with van der Waals surface area (Å²) >= 11 is 6.45. The molecule has 0 aliphatic rings. The Kier molecular flexibility index (Phi) is 8.00. The maximum atomic E-state index is 13.4. The number of nitrogens with one attached hydrogen (secondary N) is 1. The van der Waals surface area contributed by atoms with Crippen LogP contribution >= 0.6 is 11.6 Å². The minimum absolute atomic E-state index is 0.134. The maximum absolute atomic E-state index is 13.4. The summed E-state index contributed by atoms with van der Waals surface area (Å²) in [6, 6.07) is 36.4. The zero-order chi connectivity index (χ0) is 23.8. The number of rotatable bonds is 8. The Morgan fingerprint density at radius 3 is 2.06 bits per heavy atom. The number of carbonyl (C=O) groups is 1. The van der Waals surface area contributed by atoms with Crippen LogP contribution in [0.15, 0.2) is 109 Å². The van der Waals surface area contributed by atoms with Crippen LogP contribution in [-0.2, 0) is 6.54 Å². The van der Waals surface area contributed by atoms with Gasteiger partial charge in [-0.25, -0.2) is 4.79 Å². The van der Waals surface area contributed by atoms with Gasteiger partial charge in [-0.05, 0) is 53.8 Å². The van der Waals surface area contributed by atoms with E-state index >= 15 is 0 Å². The van der Waals surface area contributed by atoms with Gasteiger partial charge in [-0.1, -0.05) is 103 Å². The fourth-order valence-corrected chi connectivity index (χ4v) is 4.39. The standard InChI is InChI=1S/C30H29ClN2O/c1-23-11-10-17-27(21-23)32-30(34)33(22-26-16-8-9-18-29(26)31)20-19-28(24-12-4-2-5-13-24)25-14-6-3-7-15-25/h2-18,21,28H,19-20,22H2,1H3,(H,32,34). The molecule has 0 aliphatic carbocycles. The minimum Gasteiger partial charge on any atom is -0.320 e. The largest absolute Gasteiger partial charge is 0.322 e. The lowest BCUT2D eigenvalue weighted by molar-refractivity contribution is 0.207. The molecule has 0 fully saturated rings. The number of aryl methyl sites for hydroxylation is 1. The van der Waals surface area contributed by atoms with E-state index in [2.05, 4.69) is 53.8 Å². The van der Waals surface area contributed by atoms with Crippen LogP contribution in [0.1, 0.15) is 34.6 Å². The lowest BCUT2D eigenvalue weighted by atomic mass is 9.88. The van der Waals surface area contributed by atoms with E-state index < -0.39 is 0 Å². The summed E-state index contributed by atoms with van der Waals surface area (Å²) in [5.74, 6) is 0.183. The number of anilines is 1. The Hall–Kier alpha value is -3.56. The fourth-order valence-electron chi connectivity index (χ4n) is 4.19. The summed E-state index contributed by atoms with van der Waals surface area (Å²) in [6.07, 6.45) is 0.791. The second kappa shape index (κ2) is 11.5. The Labute approximate surface area is 207 Å². The molecule has 2 amide bonds. The second-order valence-electron chi connectivity index (χ2n) is 8.48. The first-order valence-corrected chi connectivity index (χ1v) is 11.9. The van der Waals surface area contributed by atoms with Crippen molar-refractivity contribution >= 4 is 23.3 Å². The highest BCUT2D eigenvalue weighted by Crippen LogP contribution is 2.29. The third-order valence-electron chi connectivity index (χ3n) is 5.97. The van der Waals surface area contributed by atoms with Crippen molar-refractivity contribution in [3.63, 3.8) is 0 Å². The molecular weight excluding hydrogens is 440 g/mol. The number of benzene rings is 4. The molecule has 0 spiro atoms. The van der Waals surface area contributed by atoms with Gasteiger partial charge in [-0.2, -0.15) is 0 Å². The highest BCUT2D eigenvalue weighted by Gasteiger charge is 2.20. The molecule has 0 aliphatic heterocycles. The summed E-state index contributed by atoms with van der Waals surface area (Å²) in [6.45, 7) is 3.03. The monoisotopic (exact) mass is 468 g/mol. The molecule has 4 aromatic carbocycles. The van der Waals surface area contributed by atoms with Crippen LogP contribution in [-0.4, -0.2) is 17.5 Å². The summed E-state index contributed by atoms with van der Waals surface area (Å²) < 4.78 is 0. The van der Waals surface area contributed by atoms with Crippen molar-refractivity contribution in [1.29, 1.82) is 0 Å². The van der Waals surface area contributed by atoms with Gasteiger partial charge in [0.15, 0.2) is 0 Å². The van der Waals surface area contributed by atoms with E-state index in [-0.39, 0.29) is 11.9 Å². The van der Waals surface area contributed by atoms with Crippen LogP contribution < -0.4 is 5.32 Å². The molecular formula is C30H29ClN2O.